The molecule has 0 aliphatic carbocycles. The van der Waals surface area contributed by atoms with E-state index in [0.29, 0.717) is 35.2 Å². The van der Waals surface area contributed by atoms with Gasteiger partial charge in [-0.3, -0.25) is 0 Å². The van der Waals surface area contributed by atoms with E-state index < -0.39 is 0 Å². The molecule has 21 heavy (non-hydrogen) atoms. The summed E-state index contributed by atoms with van der Waals surface area (Å²) >= 11 is 6.08. The average molecular weight is 308 g/mol. The van der Waals surface area contributed by atoms with Gasteiger partial charge >= 0.3 is 0 Å². The first-order valence-electron chi connectivity index (χ1n) is 6.66. The third-order valence-electron chi connectivity index (χ3n) is 3.03. The van der Waals surface area contributed by atoms with Gasteiger partial charge in [-0.05, 0) is 31.2 Å². The summed E-state index contributed by atoms with van der Waals surface area (Å²) in [4.78, 5) is 0. The Balaban J connectivity index is 2.15. The van der Waals surface area contributed by atoms with Gasteiger partial charge in [-0.15, -0.1) is 0 Å². The van der Waals surface area contributed by atoms with Crippen molar-refractivity contribution in [3.63, 3.8) is 0 Å². The van der Waals surface area contributed by atoms with Crippen LogP contribution in [0.1, 0.15) is 12.5 Å². The third-order valence-corrected chi connectivity index (χ3v) is 3.38. The number of rotatable bonds is 6. The molecule has 4 nitrogen and oxygen atoms in total. The highest BCUT2D eigenvalue weighted by Crippen LogP contribution is 2.31. The minimum absolute atomic E-state index is 0.175. The molecule has 0 fully saturated rings. The first-order chi connectivity index (χ1) is 10.2. The monoisotopic (exact) mass is 307 g/mol. The first kappa shape index (κ1) is 15.3. The van der Waals surface area contributed by atoms with Crippen LogP contribution in [0.4, 0.5) is 5.69 Å². The second-order valence-corrected chi connectivity index (χ2v) is 4.80. The van der Waals surface area contributed by atoms with Gasteiger partial charge in [-0.25, -0.2) is 0 Å². The van der Waals surface area contributed by atoms with Crippen molar-refractivity contribution in [1.29, 1.82) is 0 Å². The van der Waals surface area contributed by atoms with Crippen molar-refractivity contribution >= 4 is 17.3 Å². The van der Waals surface area contributed by atoms with Gasteiger partial charge in [0.05, 0.1) is 13.7 Å². The molecule has 0 atom stereocenters. The fourth-order valence-corrected chi connectivity index (χ4v) is 2.20. The Morgan fingerprint density at radius 2 is 2.00 bits per heavy atom. The molecule has 0 aromatic heterocycles. The predicted molar refractivity (Wildman–Crippen MR) is 84.6 cm³/mol. The van der Waals surface area contributed by atoms with Crippen LogP contribution in [0.3, 0.4) is 0 Å². The predicted octanol–water partition coefficient (Wildman–Crippen LogP) is 4.07. The summed E-state index contributed by atoms with van der Waals surface area (Å²) in [5.74, 6) is 1.53. The zero-order valence-corrected chi connectivity index (χ0v) is 12.8. The lowest BCUT2D eigenvalue weighted by Gasteiger charge is -2.13. The second kappa shape index (κ2) is 7.09. The molecule has 2 aromatic carbocycles. The van der Waals surface area contributed by atoms with Gasteiger partial charge < -0.3 is 19.9 Å². The molecule has 0 radical (unpaired) electrons. The van der Waals surface area contributed by atoms with E-state index in [4.69, 9.17) is 21.1 Å². The van der Waals surface area contributed by atoms with Gasteiger partial charge in [0, 0.05) is 28.9 Å². The summed E-state index contributed by atoms with van der Waals surface area (Å²) in [6.07, 6.45) is 0. The van der Waals surface area contributed by atoms with Crippen LogP contribution < -0.4 is 14.8 Å². The summed E-state index contributed by atoms with van der Waals surface area (Å²) in [7, 11) is 1.60. The van der Waals surface area contributed by atoms with Crippen molar-refractivity contribution in [2.45, 2.75) is 13.5 Å². The quantitative estimate of drug-likeness (QED) is 0.845. The number of phenolic OH excluding ortho intramolecular Hbond substituents is 1. The average Bonchev–Trinajstić information content (AvgIpc) is 2.47. The highest BCUT2D eigenvalue weighted by Gasteiger charge is 2.08. The maximum absolute atomic E-state index is 9.82. The molecule has 0 amide bonds. The zero-order chi connectivity index (χ0) is 15.2. The van der Waals surface area contributed by atoms with Crippen molar-refractivity contribution in [3.8, 4) is 17.2 Å². The molecule has 2 N–H and O–H groups in total. The molecule has 2 aromatic rings. The van der Waals surface area contributed by atoms with Crippen molar-refractivity contribution in [3.05, 3.63) is 47.0 Å². The molecule has 0 spiro atoms. The molecule has 5 heteroatoms. The number of aromatic hydroxyl groups is 1. The standard InChI is InChI=1S/C16H18ClNO3/c1-3-21-16-9-11(7-8-15(16)20-2)18-10-12-13(17)5-4-6-14(12)19/h4-9,18-19H,3,10H2,1-2H3. The summed E-state index contributed by atoms with van der Waals surface area (Å²) in [6, 6.07) is 10.6. The van der Waals surface area contributed by atoms with Crippen LogP contribution in [0.5, 0.6) is 17.2 Å². The number of anilines is 1. The second-order valence-electron chi connectivity index (χ2n) is 4.39. The molecule has 0 aliphatic rings. The molecule has 0 aliphatic heterocycles. The molecular weight excluding hydrogens is 290 g/mol. The maximum atomic E-state index is 9.82. The first-order valence-corrected chi connectivity index (χ1v) is 7.04. The summed E-state index contributed by atoms with van der Waals surface area (Å²) < 4.78 is 10.8. The SMILES string of the molecule is CCOc1cc(NCc2c(O)cccc2Cl)ccc1OC. The van der Waals surface area contributed by atoms with E-state index in [0.717, 1.165) is 5.69 Å². The maximum Gasteiger partial charge on any atom is 0.163 e. The number of phenols is 1. The van der Waals surface area contributed by atoms with Crippen LogP contribution in [0.15, 0.2) is 36.4 Å². The molecular formula is C16H18ClNO3. The number of hydrogen-bond donors (Lipinski definition) is 2. The number of halogens is 1. The van der Waals surface area contributed by atoms with Gasteiger partial charge in [0.1, 0.15) is 5.75 Å². The summed E-state index contributed by atoms with van der Waals surface area (Å²) in [5.41, 5.74) is 1.52. The van der Waals surface area contributed by atoms with E-state index in [1.807, 2.05) is 25.1 Å². The number of methoxy groups -OCH3 is 1. The number of benzene rings is 2. The molecule has 0 unspecified atom stereocenters. The highest BCUT2D eigenvalue weighted by molar-refractivity contribution is 6.31. The summed E-state index contributed by atoms with van der Waals surface area (Å²) in [6.45, 7) is 2.90. The van der Waals surface area contributed by atoms with Crippen LogP contribution in [0, 0.1) is 0 Å². The van der Waals surface area contributed by atoms with E-state index in [1.165, 1.54) is 0 Å². The Bertz CT molecular complexity index is 596. The van der Waals surface area contributed by atoms with E-state index in [9.17, 15) is 5.11 Å². The topological polar surface area (TPSA) is 50.7 Å². The Labute approximate surface area is 129 Å². The van der Waals surface area contributed by atoms with E-state index >= 15 is 0 Å². The molecule has 0 saturated heterocycles. The zero-order valence-electron chi connectivity index (χ0n) is 12.0. The van der Waals surface area contributed by atoms with Gasteiger partial charge in [0.2, 0.25) is 0 Å². The van der Waals surface area contributed by atoms with Crippen LogP contribution in [-0.4, -0.2) is 18.8 Å². The van der Waals surface area contributed by atoms with Crippen LogP contribution in [0.2, 0.25) is 5.02 Å². The number of ether oxygens (including phenoxy) is 2. The lowest BCUT2D eigenvalue weighted by atomic mass is 10.2. The van der Waals surface area contributed by atoms with Crippen molar-refractivity contribution < 1.29 is 14.6 Å². The van der Waals surface area contributed by atoms with Crippen LogP contribution in [-0.2, 0) is 6.54 Å². The van der Waals surface area contributed by atoms with E-state index in [1.54, 1.807) is 25.3 Å². The van der Waals surface area contributed by atoms with Gasteiger partial charge in [-0.2, -0.15) is 0 Å². The fraction of sp³-hybridized carbons (Fsp3) is 0.250. The van der Waals surface area contributed by atoms with E-state index in [2.05, 4.69) is 5.32 Å². The summed E-state index contributed by atoms with van der Waals surface area (Å²) in [5, 5.41) is 13.6. The Kier molecular flexibility index (Phi) is 5.17. The minimum atomic E-state index is 0.175. The molecule has 0 bridgehead atoms. The molecule has 0 saturated carbocycles. The fourth-order valence-electron chi connectivity index (χ4n) is 1.97. The highest BCUT2D eigenvalue weighted by atomic mass is 35.5. The lowest BCUT2D eigenvalue weighted by Crippen LogP contribution is -2.02. The van der Waals surface area contributed by atoms with Crippen molar-refractivity contribution in [1.82, 2.24) is 0 Å². The Hall–Kier alpha value is -2.07. The Morgan fingerprint density at radius 1 is 1.19 bits per heavy atom. The molecule has 2 rings (SSSR count). The van der Waals surface area contributed by atoms with Crippen molar-refractivity contribution in [2.75, 3.05) is 19.0 Å². The smallest absolute Gasteiger partial charge is 0.163 e. The van der Waals surface area contributed by atoms with E-state index in [-0.39, 0.29) is 5.75 Å². The third kappa shape index (κ3) is 3.73. The number of hydrogen-bond acceptors (Lipinski definition) is 4. The number of nitrogens with one attached hydrogen (secondary N) is 1. The van der Waals surface area contributed by atoms with Gasteiger partial charge in [0.25, 0.3) is 0 Å². The van der Waals surface area contributed by atoms with Gasteiger partial charge in [0.15, 0.2) is 11.5 Å². The minimum Gasteiger partial charge on any atom is -0.508 e. The largest absolute Gasteiger partial charge is 0.508 e. The normalized spacial score (nSPS) is 10.2. The van der Waals surface area contributed by atoms with Crippen molar-refractivity contribution in [2.24, 2.45) is 0 Å². The van der Waals surface area contributed by atoms with Crippen LogP contribution in [0.25, 0.3) is 0 Å². The lowest BCUT2D eigenvalue weighted by molar-refractivity contribution is 0.311. The molecule has 0 heterocycles. The van der Waals surface area contributed by atoms with Crippen LogP contribution >= 0.6 is 11.6 Å². The Morgan fingerprint density at radius 3 is 2.67 bits per heavy atom. The van der Waals surface area contributed by atoms with Gasteiger partial charge in [-0.1, -0.05) is 17.7 Å². The molecule has 112 valence electrons.